The van der Waals surface area contributed by atoms with Gasteiger partial charge in [0.15, 0.2) is 5.90 Å². The number of nitrogens with zero attached hydrogens (tertiary/aromatic N) is 3. The molecule has 1 aliphatic rings. The average Bonchev–Trinajstić information content (AvgIpc) is 2.79. The highest BCUT2D eigenvalue weighted by molar-refractivity contribution is 5.99. The van der Waals surface area contributed by atoms with Crippen molar-refractivity contribution < 1.29 is 4.74 Å². The molecule has 0 amide bonds. The smallest absolute Gasteiger partial charge is 0.220 e. The molecule has 1 aromatic carbocycles. The Morgan fingerprint density at radius 3 is 2.78 bits per heavy atom. The van der Waals surface area contributed by atoms with E-state index in [1.54, 1.807) is 24.4 Å². The predicted molar refractivity (Wildman–Crippen MR) is 130 cm³/mol. The van der Waals surface area contributed by atoms with Crippen molar-refractivity contribution in [1.82, 2.24) is 9.88 Å². The van der Waals surface area contributed by atoms with E-state index >= 15 is 0 Å². The summed E-state index contributed by atoms with van der Waals surface area (Å²) >= 11 is 0. The zero-order chi connectivity index (χ0) is 22.8. The van der Waals surface area contributed by atoms with Crippen LogP contribution >= 0.6 is 0 Å². The maximum Gasteiger partial charge on any atom is 0.220 e. The molecule has 3 rings (SSSR count). The Bertz CT molecular complexity index is 963. The molecule has 0 aliphatic carbocycles. The normalized spacial score (nSPS) is 15.6. The largest absolute Gasteiger partial charge is 0.426 e. The van der Waals surface area contributed by atoms with Crippen LogP contribution in [0.25, 0.3) is 0 Å². The number of nitrogens with two attached hydrogens (primary N) is 1. The minimum absolute atomic E-state index is 0.0173. The van der Waals surface area contributed by atoms with E-state index in [2.05, 4.69) is 26.3 Å². The third-order valence-corrected chi connectivity index (χ3v) is 5.18. The Hall–Kier alpha value is -3.52. The Balaban J connectivity index is 1.43. The lowest BCUT2D eigenvalue weighted by Gasteiger charge is -2.30. The van der Waals surface area contributed by atoms with Gasteiger partial charge < -0.3 is 20.7 Å². The van der Waals surface area contributed by atoms with E-state index in [0.717, 1.165) is 50.3 Å². The number of anilines is 1. The van der Waals surface area contributed by atoms with Gasteiger partial charge in [0.2, 0.25) is 5.90 Å². The summed E-state index contributed by atoms with van der Waals surface area (Å²) in [6, 6.07) is 13.5. The maximum atomic E-state index is 7.88. The number of likely N-dealkylation sites (tertiary alicyclic amines) is 1. The van der Waals surface area contributed by atoms with Gasteiger partial charge in [-0.05, 0) is 49.2 Å². The third-order valence-electron chi connectivity index (χ3n) is 5.18. The number of aliphatic imine (C=N–C) groups is 1. The summed E-state index contributed by atoms with van der Waals surface area (Å²) in [5.74, 6) is 0.421. The number of rotatable bonds is 8. The molecule has 0 bridgehead atoms. The third kappa shape index (κ3) is 7.63. The lowest BCUT2D eigenvalue weighted by Crippen LogP contribution is -2.37. The monoisotopic (exact) mass is 433 g/mol. The van der Waals surface area contributed by atoms with Crippen LogP contribution in [0.15, 0.2) is 65.9 Å². The topological polar surface area (TPSA) is 123 Å². The Labute approximate surface area is 189 Å². The summed E-state index contributed by atoms with van der Waals surface area (Å²) < 4.78 is 5.04. The fourth-order valence-corrected chi connectivity index (χ4v) is 3.53. The van der Waals surface area contributed by atoms with Gasteiger partial charge in [-0.1, -0.05) is 12.1 Å². The number of hydrogen-bond donors (Lipinski definition) is 4. The van der Waals surface area contributed by atoms with Crippen LogP contribution in [0.2, 0.25) is 0 Å². The molecule has 1 fully saturated rings. The standard InChI is InChI=1S/C24H31N7O/c1-18(25)32-24(27)19-5-4-7-22(17-19)29-13-8-23(26)30-21-10-15-31(16-11-21)14-9-20-6-2-3-12-28-20/h2-8,12-13,17,21,25,27,29H,9-11,14-16H2,1H3,(H2,26,30)/b13-8-,25-18?,27-24?. The molecule has 0 saturated carbocycles. The summed E-state index contributed by atoms with van der Waals surface area (Å²) in [5.41, 5.74) is 8.61. The van der Waals surface area contributed by atoms with Crippen molar-refractivity contribution in [2.24, 2.45) is 10.7 Å². The zero-order valence-corrected chi connectivity index (χ0v) is 18.4. The van der Waals surface area contributed by atoms with Gasteiger partial charge >= 0.3 is 0 Å². The summed E-state index contributed by atoms with van der Waals surface area (Å²) in [4.78, 5) is 11.5. The lowest BCUT2D eigenvalue weighted by atomic mass is 10.1. The molecule has 0 radical (unpaired) electrons. The number of pyridine rings is 1. The van der Waals surface area contributed by atoms with Crippen molar-refractivity contribution in [2.75, 3.05) is 25.0 Å². The first-order valence-corrected chi connectivity index (χ1v) is 10.8. The number of nitrogens with one attached hydrogen (secondary N) is 3. The van der Waals surface area contributed by atoms with E-state index < -0.39 is 0 Å². The minimum atomic E-state index is -0.0578. The van der Waals surface area contributed by atoms with Gasteiger partial charge in [-0.2, -0.15) is 0 Å². The molecule has 0 spiro atoms. The van der Waals surface area contributed by atoms with Gasteiger partial charge in [0.1, 0.15) is 5.84 Å². The van der Waals surface area contributed by atoms with Crippen molar-refractivity contribution in [3.05, 3.63) is 72.2 Å². The number of aromatic nitrogens is 1. The number of ether oxygens (including phenoxy) is 1. The number of hydrogen-bond acceptors (Lipinski definition) is 7. The first-order valence-electron chi connectivity index (χ1n) is 10.8. The van der Waals surface area contributed by atoms with Crippen LogP contribution in [0.4, 0.5) is 5.69 Å². The molecule has 1 aromatic heterocycles. The molecule has 32 heavy (non-hydrogen) atoms. The van der Waals surface area contributed by atoms with E-state index in [-0.39, 0.29) is 17.8 Å². The molecule has 2 aromatic rings. The number of benzene rings is 1. The Morgan fingerprint density at radius 1 is 1.25 bits per heavy atom. The highest BCUT2D eigenvalue weighted by Crippen LogP contribution is 2.15. The van der Waals surface area contributed by atoms with Crippen LogP contribution in [-0.2, 0) is 11.2 Å². The average molecular weight is 434 g/mol. The van der Waals surface area contributed by atoms with Crippen molar-refractivity contribution >= 4 is 23.3 Å². The van der Waals surface area contributed by atoms with Crippen LogP contribution in [0.3, 0.4) is 0 Å². The molecule has 168 valence electrons. The number of piperidine rings is 1. The second kappa shape index (κ2) is 11.8. The van der Waals surface area contributed by atoms with Crippen molar-refractivity contribution in [3.8, 4) is 0 Å². The van der Waals surface area contributed by atoms with Gasteiger partial charge in [0, 0.05) is 62.3 Å². The second-order valence-corrected chi connectivity index (χ2v) is 7.74. The van der Waals surface area contributed by atoms with E-state index in [9.17, 15) is 0 Å². The van der Waals surface area contributed by atoms with E-state index in [1.807, 2.05) is 30.5 Å². The van der Waals surface area contributed by atoms with Crippen molar-refractivity contribution in [3.63, 3.8) is 0 Å². The summed E-state index contributed by atoms with van der Waals surface area (Å²) in [6.45, 7) is 4.56. The highest BCUT2D eigenvalue weighted by Gasteiger charge is 2.18. The van der Waals surface area contributed by atoms with Gasteiger partial charge in [0.05, 0.1) is 6.04 Å². The molecule has 5 N–H and O–H groups in total. The van der Waals surface area contributed by atoms with Crippen LogP contribution < -0.4 is 11.1 Å². The van der Waals surface area contributed by atoms with Gasteiger partial charge in [0.25, 0.3) is 0 Å². The summed E-state index contributed by atoms with van der Waals surface area (Å²) in [7, 11) is 0. The Morgan fingerprint density at radius 2 is 2.06 bits per heavy atom. The van der Waals surface area contributed by atoms with E-state index in [4.69, 9.17) is 21.3 Å². The van der Waals surface area contributed by atoms with E-state index in [1.165, 1.54) is 6.92 Å². The Kier molecular flexibility index (Phi) is 8.51. The first kappa shape index (κ1) is 23.1. The van der Waals surface area contributed by atoms with Crippen LogP contribution in [0, 0.1) is 10.8 Å². The molecule has 1 saturated heterocycles. The molecule has 0 atom stereocenters. The molecule has 8 nitrogen and oxygen atoms in total. The lowest BCUT2D eigenvalue weighted by molar-refractivity contribution is 0.216. The summed E-state index contributed by atoms with van der Waals surface area (Å²) in [6.07, 6.45) is 8.31. The quantitative estimate of drug-likeness (QED) is 0.375. The minimum Gasteiger partial charge on any atom is -0.426 e. The van der Waals surface area contributed by atoms with Crippen LogP contribution in [-0.4, -0.2) is 53.2 Å². The number of amidine groups is 1. The first-order chi connectivity index (χ1) is 15.5. The highest BCUT2D eigenvalue weighted by atomic mass is 16.5. The molecule has 8 heteroatoms. The maximum absolute atomic E-state index is 7.88. The molecule has 1 aliphatic heterocycles. The molecule has 2 heterocycles. The van der Waals surface area contributed by atoms with Gasteiger partial charge in [-0.3, -0.25) is 20.8 Å². The van der Waals surface area contributed by atoms with Crippen molar-refractivity contribution in [2.45, 2.75) is 32.2 Å². The summed E-state index contributed by atoms with van der Waals surface area (Å²) in [5, 5.41) is 18.4. The van der Waals surface area contributed by atoms with Crippen LogP contribution in [0.1, 0.15) is 31.0 Å². The van der Waals surface area contributed by atoms with Gasteiger partial charge in [-0.25, -0.2) is 0 Å². The van der Waals surface area contributed by atoms with Gasteiger partial charge in [-0.15, -0.1) is 0 Å². The fraction of sp³-hybridized carbons (Fsp3) is 0.333. The molecular weight excluding hydrogens is 402 g/mol. The SMILES string of the molecule is CC(=N)OC(=N)c1cccc(N/C=C\C(N)=NC2CCN(CCc3ccccn3)CC2)c1. The predicted octanol–water partition coefficient (Wildman–Crippen LogP) is 3.41. The van der Waals surface area contributed by atoms with E-state index in [0.29, 0.717) is 11.4 Å². The molecular formula is C24H31N7O. The molecule has 0 unspecified atom stereocenters. The van der Waals surface area contributed by atoms with Crippen molar-refractivity contribution in [1.29, 1.82) is 10.8 Å². The fourth-order valence-electron chi connectivity index (χ4n) is 3.53. The van der Waals surface area contributed by atoms with Crippen LogP contribution in [0.5, 0.6) is 0 Å². The zero-order valence-electron chi connectivity index (χ0n) is 18.4. The second-order valence-electron chi connectivity index (χ2n) is 7.74.